The number of piperidine rings is 1. The fraction of sp³-hybridized carbons (Fsp3) is 0.667. The Kier molecular flexibility index (Phi) is 6.06. The standard InChI is InChI=1S/C18H28IN3O3/c1-17(2,3)25-16(24)20-12-18(4)8-10-22(11-9-18)14-7-6-13(19)15(23)21(14)5/h6-7H,8-12H2,1-5H3,(H,20,24). The number of aromatic nitrogens is 1. The minimum atomic E-state index is -0.482. The van der Waals surface area contributed by atoms with Crippen molar-refractivity contribution in [2.24, 2.45) is 12.5 Å². The number of rotatable bonds is 3. The molecule has 1 amide bonds. The average molecular weight is 461 g/mol. The van der Waals surface area contributed by atoms with Crippen LogP contribution in [0.15, 0.2) is 16.9 Å². The molecule has 0 atom stereocenters. The number of nitrogens with zero attached hydrogens (tertiary/aromatic N) is 2. The molecule has 0 spiro atoms. The van der Waals surface area contributed by atoms with Gasteiger partial charge in [0.25, 0.3) is 5.56 Å². The predicted octanol–water partition coefficient (Wildman–Crippen LogP) is 3.12. The lowest BCUT2D eigenvalue weighted by molar-refractivity contribution is 0.0495. The predicted molar refractivity (Wildman–Crippen MR) is 108 cm³/mol. The molecular weight excluding hydrogens is 433 g/mol. The quantitative estimate of drug-likeness (QED) is 0.703. The highest BCUT2D eigenvalue weighted by Crippen LogP contribution is 2.32. The van der Waals surface area contributed by atoms with Gasteiger partial charge < -0.3 is 15.0 Å². The van der Waals surface area contributed by atoms with Crippen molar-refractivity contribution in [3.8, 4) is 0 Å². The van der Waals surface area contributed by atoms with E-state index in [0.717, 1.165) is 35.3 Å². The Morgan fingerprint density at radius 1 is 1.32 bits per heavy atom. The summed E-state index contributed by atoms with van der Waals surface area (Å²) in [6, 6.07) is 3.88. The lowest BCUT2D eigenvalue weighted by Gasteiger charge is -2.40. The number of anilines is 1. The first-order chi connectivity index (χ1) is 11.5. The smallest absolute Gasteiger partial charge is 0.407 e. The summed E-state index contributed by atoms with van der Waals surface area (Å²) in [6.07, 6.45) is 1.53. The van der Waals surface area contributed by atoms with E-state index in [2.05, 4.69) is 39.7 Å². The first kappa shape index (κ1) is 20.1. The molecule has 0 unspecified atom stereocenters. The summed E-state index contributed by atoms with van der Waals surface area (Å²) < 4.78 is 7.75. The van der Waals surface area contributed by atoms with E-state index in [0.29, 0.717) is 6.54 Å². The summed E-state index contributed by atoms with van der Waals surface area (Å²) >= 11 is 2.07. The monoisotopic (exact) mass is 461 g/mol. The lowest BCUT2D eigenvalue weighted by atomic mass is 9.80. The molecular formula is C18H28IN3O3. The van der Waals surface area contributed by atoms with E-state index in [1.807, 2.05) is 40.0 Å². The molecule has 1 fully saturated rings. The maximum atomic E-state index is 12.1. The number of pyridine rings is 1. The van der Waals surface area contributed by atoms with Gasteiger partial charge in [-0.05, 0) is 73.8 Å². The first-order valence-electron chi connectivity index (χ1n) is 8.58. The third kappa shape index (κ3) is 5.36. The van der Waals surface area contributed by atoms with Crippen LogP contribution < -0.4 is 15.8 Å². The number of nitrogens with one attached hydrogen (secondary N) is 1. The van der Waals surface area contributed by atoms with Crippen molar-refractivity contribution in [2.45, 2.75) is 46.1 Å². The molecule has 0 aromatic carbocycles. The van der Waals surface area contributed by atoms with Crippen LogP contribution in [-0.4, -0.2) is 35.9 Å². The van der Waals surface area contributed by atoms with E-state index in [1.165, 1.54) is 0 Å². The van der Waals surface area contributed by atoms with Crippen molar-refractivity contribution >= 4 is 34.5 Å². The van der Waals surface area contributed by atoms with Crippen LogP contribution in [0.25, 0.3) is 0 Å². The molecule has 25 heavy (non-hydrogen) atoms. The molecule has 0 radical (unpaired) electrons. The largest absolute Gasteiger partial charge is 0.444 e. The van der Waals surface area contributed by atoms with Gasteiger partial charge in [0.05, 0.1) is 3.57 Å². The number of hydrogen-bond acceptors (Lipinski definition) is 4. The third-order valence-corrected chi connectivity index (χ3v) is 5.41. The second kappa shape index (κ2) is 7.55. The summed E-state index contributed by atoms with van der Waals surface area (Å²) in [7, 11) is 1.82. The van der Waals surface area contributed by atoms with Gasteiger partial charge in [0.1, 0.15) is 11.4 Å². The van der Waals surface area contributed by atoms with E-state index in [9.17, 15) is 9.59 Å². The number of amides is 1. The van der Waals surface area contributed by atoms with E-state index in [1.54, 1.807) is 4.57 Å². The topological polar surface area (TPSA) is 63.6 Å². The lowest BCUT2D eigenvalue weighted by Crippen LogP contribution is -2.46. The molecule has 1 saturated heterocycles. The van der Waals surface area contributed by atoms with E-state index in [4.69, 9.17) is 4.74 Å². The van der Waals surface area contributed by atoms with Crippen molar-refractivity contribution in [3.05, 3.63) is 26.1 Å². The van der Waals surface area contributed by atoms with Gasteiger partial charge in [0.2, 0.25) is 0 Å². The number of carbonyl (C=O) groups excluding carboxylic acids is 1. The molecule has 7 heteroatoms. The van der Waals surface area contributed by atoms with Crippen molar-refractivity contribution in [3.63, 3.8) is 0 Å². The Bertz CT molecular complexity index is 686. The molecule has 1 aromatic heterocycles. The van der Waals surface area contributed by atoms with Crippen LogP contribution in [-0.2, 0) is 11.8 Å². The zero-order chi connectivity index (χ0) is 18.8. The number of halogens is 1. The Morgan fingerprint density at radius 3 is 2.48 bits per heavy atom. The fourth-order valence-corrected chi connectivity index (χ4v) is 3.51. The summed E-state index contributed by atoms with van der Waals surface area (Å²) in [4.78, 5) is 26.2. The van der Waals surface area contributed by atoms with Gasteiger partial charge in [0, 0.05) is 26.7 Å². The van der Waals surface area contributed by atoms with Crippen LogP contribution in [0.2, 0.25) is 0 Å². The van der Waals surface area contributed by atoms with Gasteiger partial charge in [-0.15, -0.1) is 0 Å². The Morgan fingerprint density at radius 2 is 1.92 bits per heavy atom. The normalized spacial score (nSPS) is 17.3. The zero-order valence-electron chi connectivity index (χ0n) is 15.7. The summed E-state index contributed by atoms with van der Waals surface area (Å²) in [5.74, 6) is 0.951. The number of carbonyl (C=O) groups is 1. The highest BCUT2D eigenvalue weighted by molar-refractivity contribution is 14.1. The van der Waals surface area contributed by atoms with Gasteiger partial charge in [-0.25, -0.2) is 4.79 Å². The molecule has 0 saturated carbocycles. The van der Waals surface area contributed by atoms with E-state index >= 15 is 0 Å². The molecule has 1 aliphatic heterocycles. The maximum Gasteiger partial charge on any atom is 0.407 e. The van der Waals surface area contributed by atoms with E-state index in [-0.39, 0.29) is 17.1 Å². The van der Waals surface area contributed by atoms with Crippen LogP contribution in [0.5, 0.6) is 0 Å². The van der Waals surface area contributed by atoms with E-state index < -0.39 is 5.60 Å². The summed E-state index contributed by atoms with van der Waals surface area (Å²) in [5, 5.41) is 2.90. The molecule has 0 aliphatic carbocycles. The molecule has 2 rings (SSSR count). The number of ether oxygens (including phenoxy) is 1. The fourth-order valence-electron chi connectivity index (χ4n) is 2.96. The molecule has 1 aliphatic rings. The van der Waals surface area contributed by atoms with Crippen LogP contribution in [0, 0.1) is 8.99 Å². The van der Waals surface area contributed by atoms with Crippen molar-refractivity contribution in [2.75, 3.05) is 24.5 Å². The molecule has 1 N–H and O–H groups in total. The Labute approximate surface area is 163 Å². The van der Waals surface area contributed by atoms with Gasteiger partial charge in [-0.1, -0.05) is 6.92 Å². The maximum absolute atomic E-state index is 12.1. The summed E-state index contributed by atoms with van der Waals surface area (Å²) in [5.41, 5.74) is -0.405. The zero-order valence-corrected chi connectivity index (χ0v) is 17.8. The van der Waals surface area contributed by atoms with Gasteiger partial charge in [-0.3, -0.25) is 9.36 Å². The van der Waals surface area contributed by atoms with Crippen LogP contribution in [0.3, 0.4) is 0 Å². The highest BCUT2D eigenvalue weighted by atomic mass is 127. The highest BCUT2D eigenvalue weighted by Gasteiger charge is 2.32. The first-order valence-corrected chi connectivity index (χ1v) is 9.66. The third-order valence-electron chi connectivity index (χ3n) is 4.58. The van der Waals surface area contributed by atoms with Gasteiger partial charge in [-0.2, -0.15) is 0 Å². The van der Waals surface area contributed by atoms with Gasteiger partial charge >= 0.3 is 6.09 Å². The molecule has 140 valence electrons. The van der Waals surface area contributed by atoms with Crippen molar-refractivity contribution < 1.29 is 9.53 Å². The second-order valence-corrected chi connectivity index (χ2v) is 9.22. The number of hydrogen-bond donors (Lipinski definition) is 1. The van der Waals surface area contributed by atoms with Crippen molar-refractivity contribution in [1.82, 2.24) is 9.88 Å². The summed E-state index contributed by atoms with van der Waals surface area (Å²) in [6.45, 7) is 10.1. The second-order valence-electron chi connectivity index (χ2n) is 8.06. The van der Waals surface area contributed by atoms with Crippen molar-refractivity contribution in [1.29, 1.82) is 0 Å². The Balaban J connectivity index is 1.93. The number of alkyl carbamates (subject to hydrolysis) is 1. The average Bonchev–Trinajstić information content (AvgIpc) is 2.51. The molecule has 1 aromatic rings. The molecule has 2 heterocycles. The van der Waals surface area contributed by atoms with Crippen LogP contribution >= 0.6 is 22.6 Å². The minimum Gasteiger partial charge on any atom is -0.444 e. The SMILES string of the molecule is Cn1c(N2CCC(C)(CNC(=O)OC(C)(C)C)CC2)ccc(I)c1=O. The molecule has 6 nitrogen and oxygen atoms in total. The van der Waals surface area contributed by atoms with Crippen LogP contribution in [0.1, 0.15) is 40.5 Å². The van der Waals surface area contributed by atoms with Gasteiger partial charge in [0.15, 0.2) is 0 Å². The molecule has 0 bridgehead atoms. The minimum absolute atomic E-state index is 0.0372. The van der Waals surface area contributed by atoms with Crippen LogP contribution in [0.4, 0.5) is 10.6 Å². The Hall–Kier alpha value is -1.25.